The lowest BCUT2D eigenvalue weighted by Crippen LogP contribution is -2.30. The normalized spacial score (nSPS) is 12.4. The number of carbonyl (C=O) groups excluding carboxylic acids is 3. The van der Waals surface area contributed by atoms with Gasteiger partial charge in [-0.3, -0.25) is 14.4 Å². The molecule has 0 radical (unpaired) electrons. The van der Waals surface area contributed by atoms with Crippen LogP contribution >= 0.6 is 0 Å². The third-order valence-electron chi connectivity index (χ3n) is 12.3. The molecule has 0 aliphatic rings. The highest BCUT2D eigenvalue weighted by atomic mass is 16.6. The van der Waals surface area contributed by atoms with E-state index < -0.39 is 6.10 Å². The number of esters is 3. The average molecular weight is 911 g/mol. The lowest BCUT2D eigenvalue weighted by atomic mass is 10.1. The molecule has 0 aromatic heterocycles. The van der Waals surface area contributed by atoms with Crippen LogP contribution < -0.4 is 0 Å². The highest BCUT2D eigenvalue weighted by Gasteiger charge is 2.19. The van der Waals surface area contributed by atoms with E-state index in [9.17, 15) is 14.4 Å². The summed E-state index contributed by atoms with van der Waals surface area (Å²) in [4.78, 5) is 38.1. The fraction of sp³-hybridized carbons (Fsp3) is 0.814. The van der Waals surface area contributed by atoms with Crippen molar-refractivity contribution in [1.82, 2.24) is 0 Å². The molecule has 1 atom stereocenters. The summed E-state index contributed by atoms with van der Waals surface area (Å²) in [6.45, 7) is 6.60. The molecule has 0 heterocycles. The van der Waals surface area contributed by atoms with Crippen LogP contribution in [-0.4, -0.2) is 37.2 Å². The Labute approximate surface area is 403 Å². The maximum absolute atomic E-state index is 12.8. The van der Waals surface area contributed by atoms with E-state index >= 15 is 0 Å². The minimum Gasteiger partial charge on any atom is -0.462 e. The maximum atomic E-state index is 12.8. The van der Waals surface area contributed by atoms with Crippen molar-refractivity contribution >= 4 is 17.9 Å². The van der Waals surface area contributed by atoms with Crippen molar-refractivity contribution in [3.8, 4) is 0 Å². The first-order valence-electron chi connectivity index (χ1n) is 28.2. The number of carbonyl (C=O) groups is 3. The van der Waals surface area contributed by atoms with E-state index in [2.05, 4.69) is 69.4 Å². The number of rotatable bonds is 51. The number of unbranched alkanes of at least 4 members (excludes halogenated alkanes) is 33. The molecule has 0 spiro atoms. The second kappa shape index (κ2) is 54.0. The first kappa shape index (κ1) is 62.4. The Hall–Kier alpha value is -2.63. The summed E-state index contributed by atoms with van der Waals surface area (Å²) >= 11 is 0. The van der Waals surface area contributed by atoms with Gasteiger partial charge < -0.3 is 14.2 Å². The second-order valence-electron chi connectivity index (χ2n) is 18.9. The van der Waals surface area contributed by atoms with E-state index in [0.717, 1.165) is 70.6 Å². The molecule has 6 heteroatoms. The largest absolute Gasteiger partial charge is 0.462 e. The predicted molar refractivity (Wildman–Crippen MR) is 279 cm³/mol. The van der Waals surface area contributed by atoms with Crippen molar-refractivity contribution in [2.75, 3.05) is 13.2 Å². The van der Waals surface area contributed by atoms with Gasteiger partial charge in [0.15, 0.2) is 6.10 Å². The fourth-order valence-electron chi connectivity index (χ4n) is 8.05. The van der Waals surface area contributed by atoms with Crippen LogP contribution in [0, 0.1) is 0 Å². The Bertz CT molecular complexity index is 1140. The van der Waals surface area contributed by atoms with Crippen LogP contribution in [0.15, 0.2) is 48.6 Å². The van der Waals surface area contributed by atoms with E-state index in [1.165, 1.54) is 180 Å². The zero-order chi connectivity index (χ0) is 47.2. The minimum atomic E-state index is -0.776. The number of hydrogen-bond donors (Lipinski definition) is 0. The van der Waals surface area contributed by atoms with E-state index in [1.807, 2.05) is 0 Å². The molecular weight excluding hydrogens is 805 g/mol. The molecule has 0 N–H and O–H groups in total. The van der Waals surface area contributed by atoms with Crippen LogP contribution in [0.1, 0.15) is 290 Å². The summed E-state index contributed by atoms with van der Waals surface area (Å²) in [5.41, 5.74) is 0. The van der Waals surface area contributed by atoms with Crippen LogP contribution in [0.2, 0.25) is 0 Å². The van der Waals surface area contributed by atoms with Crippen LogP contribution in [0.25, 0.3) is 0 Å². The van der Waals surface area contributed by atoms with Gasteiger partial charge in [0, 0.05) is 19.3 Å². The predicted octanol–water partition coefficient (Wildman–Crippen LogP) is 18.7. The van der Waals surface area contributed by atoms with Crippen LogP contribution in [0.4, 0.5) is 0 Å². The van der Waals surface area contributed by atoms with Gasteiger partial charge in [0.25, 0.3) is 0 Å². The summed E-state index contributed by atoms with van der Waals surface area (Å²) < 4.78 is 16.8. The van der Waals surface area contributed by atoms with E-state index in [0.29, 0.717) is 19.3 Å². The van der Waals surface area contributed by atoms with Crippen molar-refractivity contribution in [1.29, 1.82) is 0 Å². The lowest BCUT2D eigenvalue weighted by molar-refractivity contribution is -0.167. The highest BCUT2D eigenvalue weighted by Crippen LogP contribution is 2.16. The van der Waals surface area contributed by atoms with Gasteiger partial charge in [0.2, 0.25) is 0 Å². The Morgan fingerprint density at radius 3 is 0.969 bits per heavy atom. The molecule has 0 bridgehead atoms. The zero-order valence-electron chi connectivity index (χ0n) is 43.3. The summed E-state index contributed by atoms with van der Waals surface area (Å²) in [6.07, 6.45) is 65.2. The van der Waals surface area contributed by atoms with Gasteiger partial charge in [-0.1, -0.05) is 243 Å². The van der Waals surface area contributed by atoms with Gasteiger partial charge in [-0.15, -0.1) is 0 Å². The van der Waals surface area contributed by atoms with Crippen molar-refractivity contribution in [2.24, 2.45) is 0 Å². The number of allylic oxidation sites excluding steroid dienone is 8. The molecule has 0 aliphatic carbocycles. The fourth-order valence-corrected chi connectivity index (χ4v) is 8.05. The van der Waals surface area contributed by atoms with Gasteiger partial charge >= 0.3 is 17.9 Å². The molecule has 0 rings (SSSR count). The van der Waals surface area contributed by atoms with Crippen LogP contribution in [0.5, 0.6) is 0 Å². The molecule has 378 valence electrons. The average Bonchev–Trinajstić information content (AvgIpc) is 3.30. The van der Waals surface area contributed by atoms with Gasteiger partial charge in [-0.25, -0.2) is 0 Å². The van der Waals surface area contributed by atoms with Crippen molar-refractivity contribution in [3.63, 3.8) is 0 Å². The summed E-state index contributed by atoms with van der Waals surface area (Å²) in [6, 6.07) is 0. The first-order chi connectivity index (χ1) is 32.0. The lowest BCUT2D eigenvalue weighted by Gasteiger charge is -2.18. The van der Waals surface area contributed by atoms with E-state index in [4.69, 9.17) is 14.2 Å². The summed E-state index contributed by atoms with van der Waals surface area (Å²) in [7, 11) is 0. The van der Waals surface area contributed by atoms with Crippen molar-refractivity contribution in [3.05, 3.63) is 48.6 Å². The first-order valence-corrected chi connectivity index (χ1v) is 28.2. The molecule has 0 aliphatic heterocycles. The van der Waals surface area contributed by atoms with E-state index in [-0.39, 0.29) is 31.1 Å². The Balaban J connectivity index is 4.33. The topological polar surface area (TPSA) is 78.9 Å². The second-order valence-corrected chi connectivity index (χ2v) is 18.9. The Morgan fingerprint density at radius 2 is 0.600 bits per heavy atom. The molecule has 0 aromatic carbocycles. The van der Waals surface area contributed by atoms with Crippen molar-refractivity contribution in [2.45, 2.75) is 297 Å². The smallest absolute Gasteiger partial charge is 0.306 e. The van der Waals surface area contributed by atoms with Gasteiger partial charge in [-0.05, 0) is 77.0 Å². The Morgan fingerprint density at radius 1 is 0.323 bits per heavy atom. The molecule has 0 saturated heterocycles. The number of hydrogen-bond acceptors (Lipinski definition) is 6. The van der Waals surface area contributed by atoms with Gasteiger partial charge in [-0.2, -0.15) is 0 Å². The Kier molecular flexibility index (Phi) is 51.8. The molecule has 0 fully saturated rings. The molecule has 0 aromatic rings. The molecule has 1 unspecified atom stereocenters. The highest BCUT2D eigenvalue weighted by molar-refractivity contribution is 5.71. The minimum absolute atomic E-state index is 0.0747. The van der Waals surface area contributed by atoms with Crippen molar-refractivity contribution < 1.29 is 28.6 Å². The SMILES string of the molecule is CCCCC/C=C\C=C/CCCCCCCCCCCCC(=O)OCC(COC(=O)CCCCCCCCCCCCC)OC(=O)CCCCCCCCC/C=C\C/C=C\CCCCC. The zero-order valence-corrected chi connectivity index (χ0v) is 43.3. The van der Waals surface area contributed by atoms with E-state index in [1.54, 1.807) is 0 Å². The van der Waals surface area contributed by atoms with Gasteiger partial charge in [0.1, 0.15) is 13.2 Å². The molecule has 6 nitrogen and oxygen atoms in total. The quantitative estimate of drug-likeness (QED) is 0.0199. The molecule has 0 amide bonds. The monoisotopic (exact) mass is 911 g/mol. The molecule has 0 saturated carbocycles. The third-order valence-corrected chi connectivity index (χ3v) is 12.3. The summed E-state index contributed by atoms with van der Waals surface area (Å²) in [5, 5.41) is 0. The molecular formula is C59H106O6. The van der Waals surface area contributed by atoms with Crippen LogP contribution in [-0.2, 0) is 28.6 Å². The standard InChI is InChI=1S/C59H106O6/c1-4-7-10-13-16-19-22-24-26-28-29-31-32-34-37-40-43-46-49-52-58(61)64-55-56(54-63-57(60)51-48-45-42-39-36-21-18-15-12-9-6-3)65-59(62)53-50-47-44-41-38-35-33-30-27-25-23-20-17-14-11-8-5-2/h16-17,19-20,22,24-25,27,56H,4-15,18,21,23,26,28-55H2,1-3H3/b19-16-,20-17-,24-22-,27-25-. The van der Waals surface area contributed by atoms with Crippen LogP contribution in [0.3, 0.4) is 0 Å². The maximum Gasteiger partial charge on any atom is 0.306 e. The summed E-state index contributed by atoms with van der Waals surface area (Å²) in [5.74, 6) is -0.875. The molecule has 65 heavy (non-hydrogen) atoms. The number of ether oxygens (including phenoxy) is 3. The third kappa shape index (κ3) is 52.2. The van der Waals surface area contributed by atoms with Gasteiger partial charge in [0.05, 0.1) is 0 Å².